The Morgan fingerprint density at radius 2 is 1.55 bits per heavy atom. The molecule has 0 spiro atoms. The zero-order valence-corrected chi connectivity index (χ0v) is 13.7. The minimum absolute atomic E-state index is 0.112. The lowest BCUT2D eigenvalue weighted by molar-refractivity contribution is 0.465. The first-order valence-electron chi connectivity index (χ1n) is 7.05. The van der Waals surface area contributed by atoms with Gasteiger partial charge in [-0.25, -0.2) is 14.0 Å². The summed E-state index contributed by atoms with van der Waals surface area (Å²) in [6, 6.07) is 1.39. The number of aryl methyl sites for hydroxylation is 1. The molecule has 1 heterocycles. The van der Waals surface area contributed by atoms with E-state index in [0.717, 1.165) is 21.3 Å². The second-order valence-electron chi connectivity index (χ2n) is 5.50. The Balaban J connectivity index is 3.03. The minimum atomic E-state index is -0.485. The van der Waals surface area contributed by atoms with Gasteiger partial charge >= 0.3 is 5.69 Å². The van der Waals surface area contributed by atoms with Gasteiger partial charge in [0.1, 0.15) is 5.75 Å². The van der Waals surface area contributed by atoms with Crippen molar-refractivity contribution in [3.05, 3.63) is 54.9 Å². The first-order chi connectivity index (χ1) is 10.2. The molecular formula is C16H21N3O3. The van der Waals surface area contributed by atoms with Gasteiger partial charge in [-0.05, 0) is 51.3 Å². The van der Waals surface area contributed by atoms with Crippen molar-refractivity contribution in [1.29, 1.82) is 0 Å². The largest absolute Gasteiger partial charge is 0.507 e. The van der Waals surface area contributed by atoms with E-state index in [2.05, 4.69) is 5.43 Å². The summed E-state index contributed by atoms with van der Waals surface area (Å²) in [7, 11) is 1.61. The van der Waals surface area contributed by atoms with Crippen LogP contribution in [0.25, 0.3) is 5.69 Å². The molecule has 0 fully saturated rings. The predicted molar refractivity (Wildman–Crippen MR) is 86.9 cm³/mol. The van der Waals surface area contributed by atoms with Gasteiger partial charge in [0.25, 0.3) is 5.56 Å². The molecule has 6 nitrogen and oxygen atoms in total. The summed E-state index contributed by atoms with van der Waals surface area (Å²) >= 11 is 0. The van der Waals surface area contributed by atoms with E-state index in [1.807, 2.05) is 20.8 Å². The normalized spacial score (nSPS) is 10.8. The van der Waals surface area contributed by atoms with Crippen LogP contribution in [0.2, 0.25) is 0 Å². The quantitative estimate of drug-likeness (QED) is 0.880. The third kappa shape index (κ3) is 2.11. The standard InChI is InChI=1S/C16H21N3O3/c1-8-7-13(20)18(16(22)19(8)17-6)14-10(3)9(2)11(4)15(21)12(14)5/h7,17,21H,1-6H3. The molecule has 0 aliphatic rings. The summed E-state index contributed by atoms with van der Waals surface area (Å²) in [5.74, 6) is 0.112. The molecule has 6 heteroatoms. The van der Waals surface area contributed by atoms with E-state index in [-0.39, 0.29) is 5.75 Å². The van der Waals surface area contributed by atoms with E-state index in [0.29, 0.717) is 16.9 Å². The smallest absolute Gasteiger partial charge is 0.354 e. The molecule has 2 N–H and O–H groups in total. The van der Waals surface area contributed by atoms with Gasteiger partial charge < -0.3 is 10.5 Å². The third-order valence-corrected chi connectivity index (χ3v) is 4.28. The lowest BCUT2D eigenvalue weighted by Crippen LogP contribution is -2.42. The summed E-state index contributed by atoms with van der Waals surface area (Å²) in [5.41, 5.74) is 5.78. The highest BCUT2D eigenvalue weighted by Crippen LogP contribution is 2.32. The summed E-state index contributed by atoms with van der Waals surface area (Å²) in [4.78, 5) is 25.0. The Labute approximate surface area is 128 Å². The number of hydrogen-bond acceptors (Lipinski definition) is 4. The average Bonchev–Trinajstić information content (AvgIpc) is 2.46. The molecule has 2 aromatic rings. The van der Waals surface area contributed by atoms with Gasteiger partial charge in [0, 0.05) is 24.4 Å². The fourth-order valence-electron chi connectivity index (χ4n) is 2.78. The summed E-state index contributed by atoms with van der Waals surface area (Å²) in [5, 5.41) is 10.3. The molecule has 0 aliphatic heterocycles. The van der Waals surface area contributed by atoms with Gasteiger partial charge in [-0.15, -0.1) is 0 Å². The van der Waals surface area contributed by atoms with Gasteiger partial charge in [-0.3, -0.25) is 4.79 Å². The van der Waals surface area contributed by atoms with Crippen molar-refractivity contribution >= 4 is 0 Å². The third-order valence-electron chi connectivity index (χ3n) is 4.28. The lowest BCUT2D eigenvalue weighted by Gasteiger charge is -2.19. The van der Waals surface area contributed by atoms with Crippen LogP contribution in [0.4, 0.5) is 0 Å². The van der Waals surface area contributed by atoms with Crippen LogP contribution in [0.15, 0.2) is 15.7 Å². The topological polar surface area (TPSA) is 76.3 Å². The molecule has 0 bridgehead atoms. The van der Waals surface area contributed by atoms with Gasteiger partial charge in [-0.1, -0.05) is 0 Å². The van der Waals surface area contributed by atoms with Crippen LogP contribution in [0.1, 0.15) is 27.9 Å². The molecule has 1 aromatic carbocycles. The average molecular weight is 303 g/mol. The molecule has 118 valence electrons. The van der Waals surface area contributed by atoms with Crippen molar-refractivity contribution in [2.24, 2.45) is 0 Å². The van der Waals surface area contributed by atoms with Gasteiger partial charge in [0.2, 0.25) is 0 Å². The molecule has 0 radical (unpaired) electrons. The molecule has 0 unspecified atom stereocenters. The minimum Gasteiger partial charge on any atom is -0.507 e. The van der Waals surface area contributed by atoms with E-state index in [1.165, 1.54) is 10.7 Å². The Bertz CT molecular complexity index is 847. The maximum Gasteiger partial charge on any atom is 0.354 e. The number of rotatable bonds is 2. The number of benzene rings is 1. The zero-order valence-electron chi connectivity index (χ0n) is 13.7. The first-order valence-corrected chi connectivity index (χ1v) is 7.05. The highest BCUT2D eigenvalue weighted by molar-refractivity contribution is 5.60. The SMILES string of the molecule is CNn1c(C)cc(=O)n(-c2c(C)c(C)c(C)c(O)c2C)c1=O. The second kappa shape index (κ2) is 5.36. The van der Waals surface area contributed by atoms with Gasteiger partial charge in [0.15, 0.2) is 0 Å². The van der Waals surface area contributed by atoms with E-state index in [9.17, 15) is 14.7 Å². The van der Waals surface area contributed by atoms with Crippen LogP contribution in [0.5, 0.6) is 5.75 Å². The van der Waals surface area contributed by atoms with Crippen LogP contribution in [-0.4, -0.2) is 21.4 Å². The number of aromatic hydroxyl groups is 1. The Morgan fingerprint density at radius 3 is 2.09 bits per heavy atom. The Kier molecular flexibility index (Phi) is 3.87. The van der Waals surface area contributed by atoms with E-state index in [1.54, 1.807) is 20.9 Å². The van der Waals surface area contributed by atoms with Gasteiger partial charge in [-0.2, -0.15) is 0 Å². The van der Waals surface area contributed by atoms with Crippen molar-refractivity contribution in [2.75, 3.05) is 12.5 Å². The zero-order chi connectivity index (χ0) is 16.8. The maximum atomic E-state index is 12.6. The fourth-order valence-corrected chi connectivity index (χ4v) is 2.78. The van der Waals surface area contributed by atoms with Crippen LogP contribution < -0.4 is 16.7 Å². The van der Waals surface area contributed by atoms with E-state index in [4.69, 9.17) is 0 Å². The highest BCUT2D eigenvalue weighted by Gasteiger charge is 2.19. The van der Waals surface area contributed by atoms with Crippen molar-refractivity contribution in [3.63, 3.8) is 0 Å². The number of phenols is 1. The summed E-state index contributed by atoms with van der Waals surface area (Å²) in [6.45, 7) is 8.92. The van der Waals surface area contributed by atoms with Crippen molar-refractivity contribution < 1.29 is 5.11 Å². The number of nitrogens with zero attached hydrogens (tertiary/aromatic N) is 2. The molecule has 0 aliphatic carbocycles. The van der Waals surface area contributed by atoms with E-state index < -0.39 is 11.2 Å². The molecule has 0 amide bonds. The number of aromatic nitrogens is 2. The summed E-state index contributed by atoms with van der Waals surface area (Å²) in [6.07, 6.45) is 0. The van der Waals surface area contributed by atoms with Crippen molar-refractivity contribution in [2.45, 2.75) is 34.6 Å². The first kappa shape index (κ1) is 15.9. The monoisotopic (exact) mass is 303 g/mol. The van der Waals surface area contributed by atoms with Crippen LogP contribution >= 0.6 is 0 Å². The van der Waals surface area contributed by atoms with Crippen LogP contribution in [-0.2, 0) is 0 Å². The molecule has 0 atom stereocenters. The second-order valence-corrected chi connectivity index (χ2v) is 5.50. The van der Waals surface area contributed by atoms with Crippen molar-refractivity contribution in [1.82, 2.24) is 9.24 Å². The van der Waals surface area contributed by atoms with E-state index >= 15 is 0 Å². The number of nitrogens with one attached hydrogen (secondary N) is 1. The number of phenolic OH excluding ortho intramolecular Hbond substituents is 1. The molecule has 1 aromatic heterocycles. The Morgan fingerprint density at radius 1 is 0.955 bits per heavy atom. The molecule has 22 heavy (non-hydrogen) atoms. The molecule has 0 saturated heterocycles. The number of hydrogen-bond donors (Lipinski definition) is 2. The van der Waals surface area contributed by atoms with Gasteiger partial charge in [0.05, 0.1) is 5.69 Å². The fraction of sp³-hybridized carbons (Fsp3) is 0.375. The molecular weight excluding hydrogens is 282 g/mol. The predicted octanol–water partition coefficient (Wildman–Crippen LogP) is 1.42. The Hall–Kier alpha value is -2.50. The van der Waals surface area contributed by atoms with Crippen LogP contribution in [0.3, 0.4) is 0 Å². The molecule has 0 saturated carbocycles. The van der Waals surface area contributed by atoms with Crippen LogP contribution in [0, 0.1) is 34.6 Å². The van der Waals surface area contributed by atoms with Crippen molar-refractivity contribution in [3.8, 4) is 11.4 Å². The summed E-state index contributed by atoms with van der Waals surface area (Å²) < 4.78 is 2.40. The highest BCUT2D eigenvalue weighted by atomic mass is 16.3. The maximum absolute atomic E-state index is 12.6. The lowest BCUT2D eigenvalue weighted by atomic mass is 9.97. The molecule has 2 rings (SSSR count).